The topological polar surface area (TPSA) is 48.6 Å². The van der Waals surface area contributed by atoms with E-state index in [1.165, 1.54) is 43.4 Å². The molecule has 1 heterocycles. The van der Waals surface area contributed by atoms with Crippen molar-refractivity contribution in [1.82, 2.24) is 0 Å². The molecule has 0 aromatic rings. The molecule has 0 radical (unpaired) electrons. The summed E-state index contributed by atoms with van der Waals surface area (Å²) in [6.45, 7) is 10.3. The summed E-state index contributed by atoms with van der Waals surface area (Å²) in [5.74, 6) is 0. The van der Waals surface area contributed by atoms with Gasteiger partial charge in [-0.25, -0.2) is 0 Å². The molecule has 1 fully saturated rings. The number of nitrogens with zero attached hydrogens (tertiary/aromatic N) is 2. The number of quaternary nitrogens is 1. The predicted octanol–water partition coefficient (Wildman–Crippen LogP) is 2.28. The van der Waals surface area contributed by atoms with Crippen LogP contribution in [0.2, 0.25) is 0 Å². The second kappa shape index (κ2) is 9.52. The monoisotopic (exact) mass is 228 g/mol. The average molecular weight is 228 g/mol. The van der Waals surface area contributed by atoms with Crippen LogP contribution in [0.5, 0.6) is 0 Å². The van der Waals surface area contributed by atoms with Crippen LogP contribution in [0.3, 0.4) is 0 Å². The number of rotatable bonds is 6. The van der Waals surface area contributed by atoms with Crippen molar-refractivity contribution in [2.75, 3.05) is 33.0 Å². The molecule has 16 heavy (non-hydrogen) atoms. The van der Waals surface area contributed by atoms with Gasteiger partial charge in [-0.1, -0.05) is 13.8 Å². The average Bonchev–Trinajstić information content (AvgIpc) is 2.69. The van der Waals surface area contributed by atoms with Gasteiger partial charge in [-0.2, -0.15) is 0 Å². The van der Waals surface area contributed by atoms with Crippen molar-refractivity contribution in [3.8, 4) is 0 Å². The first-order valence-corrected chi connectivity index (χ1v) is 6.18. The first-order valence-electron chi connectivity index (χ1n) is 6.18. The van der Waals surface area contributed by atoms with Gasteiger partial charge in [0.05, 0.1) is 26.2 Å². The number of carbonyl (C=O) groups excluding carboxylic acids is 1. The lowest BCUT2D eigenvalue weighted by atomic mass is 10.4. The molecule has 0 amide bonds. The van der Waals surface area contributed by atoms with E-state index < -0.39 is 0 Å². The van der Waals surface area contributed by atoms with Gasteiger partial charge in [-0.3, -0.25) is 4.79 Å². The van der Waals surface area contributed by atoms with E-state index in [1.807, 2.05) is 0 Å². The van der Waals surface area contributed by atoms with E-state index in [1.54, 1.807) is 0 Å². The lowest BCUT2D eigenvalue weighted by molar-refractivity contribution is -0.935. The van der Waals surface area contributed by atoms with Crippen LogP contribution in [-0.4, -0.2) is 43.5 Å². The molecule has 0 spiro atoms. The lowest BCUT2D eigenvalue weighted by Crippen LogP contribution is -2.47. The van der Waals surface area contributed by atoms with Gasteiger partial charge in [0.25, 0.3) is 0 Å². The summed E-state index contributed by atoms with van der Waals surface area (Å²) in [5.41, 5.74) is 0. The normalized spacial score (nSPS) is 17.4. The molecule has 0 bridgehead atoms. The molecule has 0 aliphatic carbocycles. The molecule has 0 N–H and O–H groups in total. The van der Waals surface area contributed by atoms with E-state index in [9.17, 15) is 0 Å². The van der Waals surface area contributed by atoms with Gasteiger partial charge in [0.15, 0.2) is 6.73 Å². The zero-order chi connectivity index (χ0) is 12.3. The lowest BCUT2D eigenvalue weighted by Gasteiger charge is -2.33. The molecule has 4 heteroatoms. The van der Waals surface area contributed by atoms with Crippen molar-refractivity contribution < 1.29 is 14.0 Å². The van der Waals surface area contributed by atoms with E-state index in [0.717, 1.165) is 19.8 Å². The SMILES string of the molecule is CCCOC[N+]1(CCC)CCCC1.[N-]=C=O. The van der Waals surface area contributed by atoms with Gasteiger partial charge in [0.1, 0.15) is 0 Å². The van der Waals surface area contributed by atoms with E-state index >= 15 is 0 Å². The van der Waals surface area contributed by atoms with Gasteiger partial charge in [0, 0.05) is 12.8 Å². The van der Waals surface area contributed by atoms with Crippen LogP contribution >= 0.6 is 0 Å². The minimum Gasteiger partial charge on any atom is -0.724 e. The number of likely N-dealkylation sites (tertiary alicyclic amines) is 1. The molecule has 1 aliphatic rings. The molecule has 94 valence electrons. The second-order valence-corrected chi connectivity index (χ2v) is 4.35. The Hall–Kier alpha value is -0.700. The van der Waals surface area contributed by atoms with Gasteiger partial charge >= 0.3 is 0 Å². The zero-order valence-electron chi connectivity index (χ0n) is 10.6. The van der Waals surface area contributed by atoms with Gasteiger partial charge in [0.2, 0.25) is 0 Å². The fourth-order valence-electron chi connectivity index (χ4n) is 2.30. The fraction of sp³-hybridized carbons (Fsp3) is 0.917. The quantitative estimate of drug-likeness (QED) is 0.303. The maximum atomic E-state index is 8.24. The highest BCUT2D eigenvalue weighted by Gasteiger charge is 2.30. The highest BCUT2D eigenvalue weighted by molar-refractivity contribution is 5.36. The van der Waals surface area contributed by atoms with Crippen molar-refractivity contribution in [2.45, 2.75) is 39.5 Å². The summed E-state index contributed by atoms with van der Waals surface area (Å²) in [5, 5.41) is 6.76. The van der Waals surface area contributed by atoms with Gasteiger partial charge in [-0.05, 0) is 18.9 Å². The fourth-order valence-corrected chi connectivity index (χ4v) is 2.30. The summed E-state index contributed by atoms with van der Waals surface area (Å²) in [4.78, 5) is 8.24. The highest BCUT2D eigenvalue weighted by atomic mass is 16.5. The van der Waals surface area contributed by atoms with Crippen LogP contribution in [0.4, 0.5) is 0 Å². The molecule has 0 atom stereocenters. The molecule has 0 aromatic heterocycles. The Morgan fingerprint density at radius 1 is 1.25 bits per heavy atom. The van der Waals surface area contributed by atoms with Crippen LogP contribution < -0.4 is 0 Å². The third-order valence-electron chi connectivity index (χ3n) is 2.93. The van der Waals surface area contributed by atoms with Crippen LogP contribution in [0.15, 0.2) is 0 Å². The highest BCUT2D eigenvalue weighted by Crippen LogP contribution is 2.19. The predicted molar refractivity (Wildman–Crippen MR) is 64.5 cm³/mol. The van der Waals surface area contributed by atoms with E-state index in [4.69, 9.17) is 14.9 Å². The van der Waals surface area contributed by atoms with Crippen LogP contribution in [0.25, 0.3) is 5.41 Å². The minimum absolute atomic E-state index is 0.500. The number of hydrogen-bond donors (Lipinski definition) is 0. The van der Waals surface area contributed by atoms with Crippen molar-refractivity contribution in [1.29, 1.82) is 0 Å². The molecular weight excluding hydrogens is 204 g/mol. The molecular formula is C12H24N2O2. The van der Waals surface area contributed by atoms with E-state index in [-0.39, 0.29) is 0 Å². The van der Waals surface area contributed by atoms with Crippen LogP contribution in [-0.2, 0) is 9.53 Å². The van der Waals surface area contributed by atoms with Crippen molar-refractivity contribution >= 4 is 6.08 Å². The van der Waals surface area contributed by atoms with Crippen molar-refractivity contribution in [2.24, 2.45) is 0 Å². The zero-order valence-corrected chi connectivity index (χ0v) is 10.6. The summed E-state index contributed by atoms with van der Waals surface area (Å²) in [6, 6.07) is 0. The van der Waals surface area contributed by atoms with Crippen molar-refractivity contribution in [3.63, 3.8) is 0 Å². The number of hydrogen-bond acceptors (Lipinski definition) is 2. The maximum Gasteiger partial charge on any atom is 0.183 e. The Morgan fingerprint density at radius 3 is 2.25 bits per heavy atom. The van der Waals surface area contributed by atoms with E-state index in [2.05, 4.69) is 13.8 Å². The molecule has 4 nitrogen and oxygen atoms in total. The summed E-state index contributed by atoms with van der Waals surface area (Å²) < 4.78 is 6.93. The molecule has 1 saturated heterocycles. The maximum absolute atomic E-state index is 8.24. The minimum atomic E-state index is 0.500. The smallest absolute Gasteiger partial charge is 0.183 e. The first kappa shape index (κ1) is 15.3. The Kier molecular flexibility index (Phi) is 9.10. The Labute approximate surface area is 98.7 Å². The molecule has 0 unspecified atom stereocenters. The standard InChI is InChI=1S/C11H24NO.CNO/c1-3-7-12(8-5-6-9-12)11-13-10-4-2;2-1-3/h3-11H2,1-2H3;/q+1;-1. The van der Waals surface area contributed by atoms with Crippen molar-refractivity contribution in [3.05, 3.63) is 5.41 Å². The summed E-state index contributed by atoms with van der Waals surface area (Å²) in [6.07, 6.45) is 5.73. The Bertz CT molecular complexity index is 195. The molecule has 0 aromatic carbocycles. The summed E-state index contributed by atoms with van der Waals surface area (Å²) in [7, 11) is 0. The third-order valence-corrected chi connectivity index (χ3v) is 2.93. The Morgan fingerprint density at radius 2 is 1.81 bits per heavy atom. The molecule has 1 rings (SSSR count). The molecule has 0 saturated carbocycles. The first-order chi connectivity index (χ1) is 7.74. The summed E-state index contributed by atoms with van der Waals surface area (Å²) >= 11 is 0. The second-order valence-electron chi connectivity index (χ2n) is 4.35. The van der Waals surface area contributed by atoms with Crippen LogP contribution in [0, 0.1) is 0 Å². The molecule has 1 aliphatic heterocycles. The number of ether oxygens (including phenoxy) is 1. The Balaban J connectivity index is 0.000000673. The van der Waals surface area contributed by atoms with E-state index in [0.29, 0.717) is 6.08 Å². The van der Waals surface area contributed by atoms with Crippen LogP contribution in [0.1, 0.15) is 39.5 Å². The van der Waals surface area contributed by atoms with Gasteiger partial charge in [-0.15, -0.1) is 0 Å². The third kappa shape index (κ3) is 6.01. The number of isocyanates is 1. The van der Waals surface area contributed by atoms with Gasteiger partial charge < -0.3 is 14.6 Å². The largest absolute Gasteiger partial charge is 0.724 e.